The van der Waals surface area contributed by atoms with Crippen LogP contribution in [0.2, 0.25) is 0 Å². The summed E-state index contributed by atoms with van der Waals surface area (Å²) < 4.78 is 5.39. The van der Waals surface area contributed by atoms with Crippen molar-refractivity contribution in [2.24, 2.45) is 0 Å². The number of hydrogen-bond acceptors (Lipinski definition) is 4. The van der Waals surface area contributed by atoms with Gasteiger partial charge in [0.1, 0.15) is 0 Å². The van der Waals surface area contributed by atoms with Crippen LogP contribution in [0.25, 0.3) is 0 Å². The van der Waals surface area contributed by atoms with Crippen LogP contribution in [0.15, 0.2) is 28.7 Å². The number of hydrogen-bond donors (Lipinski definition) is 1. The summed E-state index contributed by atoms with van der Waals surface area (Å²) in [7, 11) is 1.31. The van der Waals surface area contributed by atoms with E-state index >= 15 is 0 Å². The first kappa shape index (κ1) is 18.2. The van der Waals surface area contributed by atoms with E-state index in [0.717, 1.165) is 4.47 Å². The molecule has 0 saturated carbocycles. The van der Waals surface area contributed by atoms with Crippen LogP contribution in [0.4, 0.5) is 0 Å². The van der Waals surface area contributed by atoms with Crippen LogP contribution in [-0.4, -0.2) is 49.4 Å². The fourth-order valence-electron chi connectivity index (χ4n) is 1.81. The lowest BCUT2D eigenvalue weighted by Gasteiger charge is -2.22. The average molecular weight is 371 g/mol. The molecule has 22 heavy (non-hydrogen) atoms. The fourth-order valence-corrected chi connectivity index (χ4v) is 2.21. The van der Waals surface area contributed by atoms with Crippen molar-refractivity contribution in [3.05, 3.63) is 34.3 Å². The molecule has 0 spiro atoms. The van der Waals surface area contributed by atoms with E-state index in [-0.39, 0.29) is 30.7 Å². The minimum absolute atomic E-state index is 0.107. The summed E-state index contributed by atoms with van der Waals surface area (Å²) in [4.78, 5) is 36.2. The standard InChI is InChI=1S/C15H19BrN2O4/c1-11(19)17-7-9-18(8-6-14(20)22-2)15(21)12-4-3-5-13(16)10-12/h3-5,10H,6-9H2,1-2H3,(H,17,19). The Balaban J connectivity index is 2.75. The first-order valence-corrected chi connectivity index (χ1v) is 7.59. The Hall–Kier alpha value is -1.89. The fraction of sp³-hybridized carbons (Fsp3) is 0.400. The van der Waals surface area contributed by atoms with Crippen LogP contribution < -0.4 is 5.32 Å². The van der Waals surface area contributed by atoms with Gasteiger partial charge in [-0.15, -0.1) is 0 Å². The summed E-state index contributed by atoms with van der Waals surface area (Å²) in [6, 6.07) is 7.01. The van der Waals surface area contributed by atoms with Gasteiger partial charge in [-0.25, -0.2) is 0 Å². The first-order chi connectivity index (χ1) is 10.4. The van der Waals surface area contributed by atoms with Gasteiger partial charge in [-0.3, -0.25) is 14.4 Å². The van der Waals surface area contributed by atoms with Gasteiger partial charge in [0.05, 0.1) is 13.5 Å². The van der Waals surface area contributed by atoms with Gasteiger partial charge in [-0.2, -0.15) is 0 Å². The third-order valence-corrected chi connectivity index (χ3v) is 3.42. The zero-order valence-corrected chi connectivity index (χ0v) is 14.2. The van der Waals surface area contributed by atoms with Crippen LogP contribution in [0.1, 0.15) is 23.7 Å². The Morgan fingerprint density at radius 2 is 2.00 bits per heavy atom. The monoisotopic (exact) mass is 370 g/mol. The maximum atomic E-state index is 12.5. The molecule has 1 aromatic rings. The molecule has 1 N–H and O–H groups in total. The summed E-state index contributed by atoms with van der Waals surface area (Å²) in [5.41, 5.74) is 0.516. The number of carbonyl (C=O) groups is 3. The van der Waals surface area contributed by atoms with Gasteiger partial charge in [0.2, 0.25) is 5.91 Å². The molecule has 0 atom stereocenters. The third-order valence-electron chi connectivity index (χ3n) is 2.93. The molecule has 1 aromatic carbocycles. The highest BCUT2D eigenvalue weighted by Crippen LogP contribution is 2.13. The Bertz CT molecular complexity index is 548. The zero-order valence-electron chi connectivity index (χ0n) is 12.6. The number of ether oxygens (including phenoxy) is 1. The number of amides is 2. The second-order valence-electron chi connectivity index (χ2n) is 4.61. The van der Waals surface area contributed by atoms with E-state index in [9.17, 15) is 14.4 Å². The van der Waals surface area contributed by atoms with Crippen LogP contribution >= 0.6 is 15.9 Å². The number of carbonyl (C=O) groups excluding carboxylic acids is 3. The van der Waals surface area contributed by atoms with E-state index in [1.165, 1.54) is 18.9 Å². The van der Waals surface area contributed by atoms with Gasteiger partial charge in [0.25, 0.3) is 5.91 Å². The van der Waals surface area contributed by atoms with Gasteiger partial charge in [-0.05, 0) is 18.2 Å². The van der Waals surface area contributed by atoms with E-state index in [1.807, 2.05) is 6.07 Å². The van der Waals surface area contributed by atoms with Crippen molar-refractivity contribution in [1.29, 1.82) is 0 Å². The van der Waals surface area contributed by atoms with E-state index in [1.54, 1.807) is 18.2 Å². The number of methoxy groups -OCH3 is 1. The number of esters is 1. The molecule has 0 aliphatic carbocycles. The third kappa shape index (κ3) is 6.26. The van der Waals surface area contributed by atoms with Crippen molar-refractivity contribution < 1.29 is 19.1 Å². The lowest BCUT2D eigenvalue weighted by atomic mass is 10.2. The molecular formula is C15H19BrN2O4. The van der Waals surface area contributed by atoms with Gasteiger partial charge in [0.15, 0.2) is 0 Å². The molecule has 0 unspecified atom stereocenters. The summed E-state index contributed by atoms with van der Waals surface area (Å²) in [6.45, 7) is 2.30. The second kappa shape index (κ2) is 9.19. The van der Waals surface area contributed by atoms with Crippen LogP contribution in [0.5, 0.6) is 0 Å². The summed E-state index contributed by atoms with van der Waals surface area (Å²) >= 11 is 3.32. The maximum absolute atomic E-state index is 12.5. The van der Waals surface area contributed by atoms with E-state index < -0.39 is 0 Å². The number of benzene rings is 1. The molecule has 7 heteroatoms. The molecule has 1 rings (SSSR count). The van der Waals surface area contributed by atoms with Crippen molar-refractivity contribution in [3.63, 3.8) is 0 Å². The summed E-state index contributed by atoms with van der Waals surface area (Å²) in [5.74, 6) is -0.745. The highest BCUT2D eigenvalue weighted by atomic mass is 79.9. The van der Waals surface area contributed by atoms with Crippen LogP contribution in [0, 0.1) is 0 Å². The molecule has 0 bridgehead atoms. The Morgan fingerprint density at radius 1 is 1.27 bits per heavy atom. The molecule has 0 aliphatic rings. The molecule has 0 aromatic heterocycles. The molecule has 0 aliphatic heterocycles. The van der Waals surface area contributed by atoms with Gasteiger partial charge < -0.3 is 15.0 Å². The predicted molar refractivity (Wildman–Crippen MR) is 85.4 cm³/mol. The molecule has 0 saturated heterocycles. The number of nitrogens with zero attached hydrogens (tertiary/aromatic N) is 1. The predicted octanol–water partition coefficient (Wildman–Crippen LogP) is 1.59. The maximum Gasteiger partial charge on any atom is 0.307 e. The van der Waals surface area contributed by atoms with Crippen LogP contribution in [0.3, 0.4) is 0 Å². The zero-order chi connectivity index (χ0) is 16.5. The Kier molecular flexibility index (Phi) is 7.59. The van der Waals surface area contributed by atoms with E-state index in [4.69, 9.17) is 0 Å². The quantitative estimate of drug-likeness (QED) is 0.739. The number of nitrogens with one attached hydrogen (secondary N) is 1. The van der Waals surface area contributed by atoms with Crippen molar-refractivity contribution in [3.8, 4) is 0 Å². The minimum atomic E-state index is -0.383. The van der Waals surface area contributed by atoms with E-state index in [0.29, 0.717) is 18.7 Å². The highest BCUT2D eigenvalue weighted by Gasteiger charge is 2.17. The average Bonchev–Trinajstić information content (AvgIpc) is 2.49. The van der Waals surface area contributed by atoms with Gasteiger partial charge in [-0.1, -0.05) is 22.0 Å². The Morgan fingerprint density at radius 3 is 2.59 bits per heavy atom. The molecule has 6 nitrogen and oxygen atoms in total. The Labute approximate surface area is 137 Å². The molecular weight excluding hydrogens is 352 g/mol. The number of halogens is 1. The number of rotatable bonds is 7. The normalized spacial score (nSPS) is 9.95. The smallest absolute Gasteiger partial charge is 0.307 e. The lowest BCUT2D eigenvalue weighted by molar-refractivity contribution is -0.140. The van der Waals surface area contributed by atoms with Crippen molar-refractivity contribution in [2.75, 3.05) is 26.7 Å². The topological polar surface area (TPSA) is 75.7 Å². The SMILES string of the molecule is COC(=O)CCN(CCNC(C)=O)C(=O)c1cccc(Br)c1. The first-order valence-electron chi connectivity index (χ1n) is 6.80. The molecule has 120 valence electrons. The molecule has 0 heterocycles. The molecule has 2 amide bonds. The minimum Gasteiger partial charge on any atom is -0.469 e. The summed E-state index contributed by atoms with van der Waals surface area (Å²) in [5, 5.41) is 2.64. The van der Waals surface area contributed by atoms with Crippen molar-refractivity contribution >= 4 is 33.7 Å². The molecule has 0 radical (unpaired) electrons. The van der Waals surface area contributed by atoms with E-state index in [2.05, 4.69) is 26.0 Å². The van der Waals surface area contributed by atoms with Crippen LogP contribution in [-0.2, 0) is 14.3 Å². The van der Waals surface area contributed by atoms with Gasteiger partial charge in [0, 0.05) is 36.6 Å². The summed E-state index contributed by atoms with van der Waals surface area (Å²) in [6.07, 6.45) is 0.107. The largest absolute Gasteiger partial charge is 0.469 e. The highest BCUT2D eigenvalue weighted by molar-refractivity contribution is 9.10. The molecule has 0 fully saturated rings. The van der Waals surface area contributed by atoms with Crippen molar-refractivity contribution in [1.82, 2.24) is 10.2 Å². The van der Waals surface area contributed by atoms with Gasteiger partial charge >= 0.3 is 5.97 Å². The second-order valence-corrected chi connectivity index (χ2v) is 5.53. The lowest BCUT2D eigenvalue weighted by Crippen LogP contribution is -2.39. The van der Waals surface area contributed by atoms with Crippen molar-refractivity contribution in [2.45, 2.75) is 13.3 Å².